The van der Waals surface area contributed by atoms with Crippen molar-refractivity contribution in [2.75, 3.05) is 38.7 Å². The zero-order chi connectivity index (χ0) is 23.3. The molecule has 0 radical (unpaired) electrons. The van der Waals surface area contributed by atoms with Crippen molar-refractivity contribution >= 4 is 23.1 Å². The summed E-state index contributed by atoms with van der Waals surface area (Å²) < 4.78 is 13.1. The van der Waals surface area contributed by atoms with Gasteiger partial charge in [0.2, 0.25) is 0 Å². The molecule has 1 aliphatic heterocycles. The molecule has 1 aromatic carbocycles. The van der Waals surface area contributed by atoms with Crippen LogP contribution in [0.15, 0.2) is 67.4 Å². The number of benzene rings is 1. The number of aromatic nitrogens is 4. The first-order chi connectivity index (χ1) is 16.7. The third-order valence-electron chi connectivity index (χ3n) is 5.83. The van der Waals surface area contributed by atoms with Crippen molar-refractivity contribution in [3.05, 3.63) is 78.6 Å². The molecule has 0 aliphatic carbocycles. The Balaban J connectivity index is 1.33. The van der Waals surface area contributed by atoms with Gasteiger partial charge in [0.15, 0.2) is 5.65 Å². The second-order valence-electron chi connectivity index (χ2n) is 8.22. The molecular weight excluding hydrogens is 432 g/mol. The van der Waals surface area contributed by atoms with Crippen LogP contribution in [0.25, 0.3) is 5.65 Å². The number of amides is 1. The van der Waals surface area contributed by atoms with Gasteiger partial charge in [-0.1, -0.05) is 6.07 Å². The third-order valence-corrected chi connectivity index (χ3v) is 5.83. The number of rotatable bonds is 6. The lowest BCUT2D eigenvalue weighted by molar-refractivity contribution is 0.0738. The first-order valence-corrected chi connectivity index (χ1v) is 11.2. The minimum atomic E-state index is -0.0768. The number of carbonyl (C=O) groups excluding carboxylic acids is 1. The number of imidazole rings is 1. The van der Waals surface area contributed by atoms with E-state index >= 15 is 0 Å². The summed E-state index contributed by atoms with van der Waals surface area (Å²) in [7, 11) is 1.62. The van der Waals surface area contributed by atoms with Crippen LogP contribution >= 0.6 is 0 Å². The van der Waals surface area contributed by atoms with E-state index in [-0.39, 0.29) is 11.8 Å². The number of nitrogens with zero attached hydrogens (tertiary/aromatic N) is 5. The van der Waals surface area contributed by atoms with Crippen molar-refractivity contribution in [2.24, 2.45) is 5.92 Å². The zero-order valence-corrected chi connectivity index (χ0v) is 18.9. The average Bonchev–Trinajstić information content (AvgIpc) is 3.21. The van der Waals surface area contributed by atoms with Crippen molar-refractivity contribution in [3.63, 3.8) is 0 Å². The van der Waals surface area contributed by atoms with E-state index in [4.69, 9.17) is 9.47 Å². The molecule has 4 heterocycles. The minimum absolute atomic E-state index is 0.0768. The maximum Gasteiger partial charge on any atom is 0.257 e. The van der Waals surface area contributed by atoms with Gasteiger partial charge in [-0.2, -0.15) is 0 Å². The van der Waals surface area contributed by atoms with Gasteiger partial charge < -0.3 is 24.1 Å². The van der Waals surface area contributed by atoms with Crippen molar-refractivity contribution in [1.29, 1.82) is 0 Å². The van der Waals surface area contributed by atoms with E-state index in [1.165, 1.54) is 0 Å². The smallest absolute Gasteiger partial charge is 0.257 e. The molecular formula is C25H26N6O3. The van der Waals surface area contributed by atoms with Gasteiger partial charge in [-0.15, -0.1) is 0 Å². The number of anilines is 2. The summed E-state index contributed by atoms with van der Waals surface area (Å²) in [5.41, 5.74) is 3.06. The summed E-state index contributed by atoms with van der Waals surface area (Å²) >= 11 is 0. The van der Waals surface area contributed by atoms with Gasteiger partial charge in [-0.3, -0.25) is 9.78 Å². The van der Waals surface area contributed by atoms with Crippen LogP contribution in [0.3, 0.4) is 0 Å². The van der Waals surface area contributed by atoms with Gasteiger partial charge in [-0.05, 0) is 30.7 Å². The first kappa shape index (κ1) is 21.8. The summed E-state index contributed by atoms with van der Waals surface area (Å²) in [6, 6.07) is 11.1. The Morgan fingerprint density at radius 2 is 2.15 bits per heavy atom. The third kappa shape index (κ3) is 4.84. The summed E-state index contributed by atoms with van der Waals surface area (Å²) in [4.78, 5) is 28.6. The molecule has 1 saturated heterocycles. The molecule has 0 saturated carbocycles. The molecule has 0 spiro atoms. The normalized spacial score (nSPS) is 16.3. The van der Waals surface area contributed by atoms with Crippen molar-refractivity contribution in [1.82, 2.24) is 24.3 Å². The van der Waals surface area contributed by atoms with Gasteiger partial charge >= 0.3 is 0 Å². The fourth-order valence-electron chi connectivity index (χ4n) is 4.14. The Hall–Kier alpha value is -3.98. The lowest BCUT2D eigenvalue weighted by Gasteiger charge is -2.24. The van der Waals surface area contributed by atoms with Crippen LogP contribution in [0, 0.1) is 5.92 Å². The Bertz CT molecular complexity index is 1290. The number of carbonyl (C=O) groups is 1. The largest absolute Gasteiger partial charge is 0.497 e. The number of pyridine rings is 1. The SMILES string of the molecule is COc1cccc(Nc2ncccc2C(=O)N2CCOC[C@@H](Cc3cn4ccnc4cn3)C2)c1. The summed E-state index contributed by atoms with van der Waals surface area (Å²) in [6.45, 7) is 2.18. The van der Waals surface area contributed by atoms with Gasteiger partial charge in [-0.25, -0.2) is 9.97 Å². The maximum atomic E-state index is 13.6. The van der Waals surface area contributed by atoms with Gasteiger partial charge in [0, 0.05) is 55.5 Å². The molecule has 9 heteroatoms. The molecule has 0 unspecified atom stereocenters. The van der Waals surface area contributed by atoms with Crippen LogP contribution in [0.5, 0.6) is 5.75 Å². The van der Waals surface area contributed by atoms with Gasteiger partial charge in [0.1, 0.15) is 11.6 Å². The molecule has 0 bridgehead atoms. The van der Waals surface area contributed by atoms with Crippen LogP contribution in [0.1, 0.15) is 16.1 Å². The highest BCUT2D eigenvalue weighted by atomic mass is 16.5. The van der Waals surface area contributed by atoms with Crippen LogP contribution in [0.4, 0.5) is 11.5 Å². The molecule has 5 rings (SSSR count). The Labute approximate surface area is 197 Å². The highest BCUT2D eigenvalue weighted by Crippen LogP contribution is 2.24. The number of methoxy groups -OCH3 is 1. The predicted octanol–water partition coefficient (Wildman–Crippen LogP) is 3.21. The highest BCUT2D eigenvalue weighted by Gasteiger charge is 2.26. The molecule has 9 nitrogen and oxygen atoms in total. The van der Waals surface area contributed by atoms with Crippen LogP contribution in [-0.4, -0.2) is 63.6 Å². The minimum Gasteiger partial charge on any atom is -0.497 e. The van der Waals surface area contributed by atoms with E-state index in [0.29, 0.717) is 44.1 Å². The van der Waals surface area contributed by atoms with Crippen molar-refractivity contribution in [3.8, 4) is 5.75 Å². The molecule has 34 heavy (non-hydrogen) atoms. The van der Waals surface area contributed by atoms with Crippen LogP contribution in [-0.2, 0) is 11.2 Å². The second kappa shape index (κ2) is 9.88. The summed E-state index contributed by atoms with van der Waals surface area (Å²) in [5, 5.41) is 3.26. The second-order valence-corrected chi connectivity index (χ2v) is 8.22. The van der Waals surface area contributed by atoms with E-state index in [1.807, 2.05) is 46.0 Å². The van der Waals surface area contributed by atoms with Gasteiger partial charge in [0.25, 0.3) is 5.91 Å². The fraction of sp³-hybridized carbons (Fsp3) is 0.280. The molecule has 1 amide bonds. The number of ether oxygens (including phenoxy) is 2. The van der Waals surface area contributed by atoms with E-state index in [2.05, 4.69) is 20.3 Å². The van der Waals surface area contributed by atoms with Crippen molar-refractivity contribution < 1.29 is 14.3 Å². The molecule has 4 aromatic rings. The molecule has 1 N–H and O–H groups in total. The number of hydrogen-bond donors (Lipinski definition) is 1. The molecule has 1 atom stereocenters. The van der Waals surface area contributed by atoms with E-state index in [1.54, 1.807) is 37.8 Å². The van der Waals surface area contributed by atoms with Gasteiger partial charge in [0.05, 0.1) is 37.8 Å². The predicted molar refractivity (Wildman–Crippen MR) is 127 cm³/mol. The van der Waals surface area contributed by atoms with E-state index in [0.717, 1.165) is 22.8 Å². The fourth-order valence-corrected chi connectivity index (χ4v) is 4.14. The number of nitrogens with one attached hydrogen (secondary N) is 1. The van der Waals surface area contributed by atoms with E-state index in [9.17, 15) is 4.79 Å². The van der Waals surface area contributed by atoms with E-state index < -0.39 is 0 Å². The average molecular weight is 459 g/mol. The Morgan fingerprint density at radius 1 is 1.21 bits per heavy atom. The molecule has 1 aliphatic rings. The maximum absolute atomic E-state index is 13.6. The lowest BCUT2D eigenvalue weighted by atomic mass is 10.0. The monoisotopic (exact) mass is 458 g/mol. The standard InChI is InChI=1S/C25H26N6O3/c1-33-21-5-2-4-19(13-21)29-24-22(6-3-7-27-24)25(32)31-10-11-34-17-18(15-31)12-20-16-30-9-8-26-23(30)14-28-20/h2-9,13-14,16,18H,10-12,15,17H2,1H3,(H,27,29)/t18-/m0/s1. The first-order valence-electron chi connectivity index (χ1n) is 11.2. The number of hydrogen-bond acceptors (Lipinski definition) is 7. The molecule has 1 fully saturated rings. The van der Waals surface area contributed by atoms with Crippen LogP contribution < -0.4 is 10.1 Å². The zero-order valence-electron chi connectivity index (χ0n) is 18.9. The van der Waals surface area contributed by atoms with Crippen molar-refractivity contribution in [2.45, 2.75) is 6.42 Å². The highest BCUT2D eigenvalue weighted by molar-refractivity contribution is 5.99. The summed E-state index contributed by atoms with van der Waals surface area (Å²) in [6.07, 6.45) is 9.78. The molecule has 174 valence electrons. The molecule has 3 aromatic heterocycles. The van der Waals surface area contributed by atoms with Crippen LogP contribution in [0.2, 0.25) is 0 Å². The topological polar surface area (TPSA) is 93.9 Å². The summed E-state index contributed by atoms with van der Waals surface area (Å²) in [5.74, 6) is 1.29. The Morgan fingerprint density at radius 3 is 3.06 bits per heavy atom. The lowest BCUT2D eigenvalue weighted by Crippen LogP contribution is -2.37. The Kier molecular flexibility index (Phi) is 6.35. The number of fused-ring (bicyclic) bond motifs is 1. The quantitative estimate of drug-likeness (QED) is 0.474.